The van der Waals surface area contributed by atoms with Crippen LogP contribution in [0.2, 0.25) is 0 Å². The van der Waals surface area contributed by atoms with Crippen molar-refractivity contribution in [1.82, 2.24) is 9.80 Å². The summed E-state index contributed by atoms with van der Waals surface area (Å²) >= 11 is 0. The van der Waals surface area contributed by atoms with E-state index in [1.807, 2.05) is 0 Å². The summed E-state index contributed by atoms with van der Waals surface area (Å²) in [4.78, 5) is 27.3. The van der Waals surface area contributed by atoms with Crippen LogP contribution in [-0.4, -0.2) is 72.2 Å². The van der Waals surface area contributed by atoms with Crippen molar-refractivity contribution in [2.45, 2.75) is 26.3 Å². The van der Waals surface area contributed by atoms with E-state index in [9.17, 15) is 9.59 Å². The highest BCUT2D eigenvalue weighted by Crippen LogP contribution is 2.19. The summed E-state index contributed by atoms with van der Waals surface area (Å²) in [5.41, 5.74) is 0.463. The molecule has 0 bridgehead atoms. The number of carboxylic acids is 1. The van der Waals surface area contributed by atoms with Gasteiger partial charge in [0.2, 0.25) is 5.91 Å². The van der Waals surface area contributed by atoms with Crippen molar-refractivity contribution in [1.29, 1.82) is 0 Å². The van der Waals surface area contributed by atoms with E-state index in [-0.39, 0.29) is 11.5 Å². The van der Waals surface area contributed by atoms with Crippen LogP contribution in [0, 0.1) is 0 Å². The molecule has 112 valence electrons. The molecular formula is C14H22N2O4. The van der Waals surface area contributed by atoms with Gasteiger partial charge in [0.25, 0.3) is 0 Å². The number of aliphatic carboxylic acids is 1. The molecule has 6 heteroatoms. The molecule has 1 N–H and O–H groups in total. The zero-order valence-corrected chi connectivity index (χ0v) is 12.1. The maximum Gasteiger partial charge on any atom is 0.331 e. The van der Waals surface area contributed by atoms with Crippen molar-refractivity contribution in [3.05, 3.63) is 11.1 Å². The minimum Gasteiger partial charge on any atom is -0.478 e. The SMILES string of the molecule is CC(C(=O)O)=C(C)C(=O)N1CCC(N2CCOCC2)C1. The third-order valence-electron chi connectivity index (χ3n) is 4.22. The van der Waals surface area contributed by atoms with Crippen molar-refractivity contribution >= 4 is 11.9 Å². The van der Waals surface area contributed by atoms with Gasteiger partial charge in [-0.2, -0.15) is 0 Å². The van der Waals surface area contributed by atoms with Gasteiger partial charge in [0.1, 0.15) is 0 Å². The van der Waals surface area contributed by atoms with E-state index < -0.39 is 5.97 Å². The molecule has 2 fully saturated rings. The second-order valence-electron chi connectivity index (χ2n) is 5.40. The van der Waals surface area contributed by atoms with Crippen molar-refractivity contribution in [2.24, 2.45) is 0 Å². The number of amides is 1. The first-order valence-corrected chi connectivity index (χ1v) is 7.02. The highest BCUT2D eigenvalue weighted by Gasteiger charge is 2.32. The van der Waals surface area contributed by atoms with E-state index in [2.05, 4.69) is 4.90 Å². The maximum absolute atomic E-state index is 12.3. The molecule has 2 heterocycles. The summed E-state index contributed by atoms with van der Waals surface area (Å²) < 4.78 is 5.33. The zero-order valence-electron chi connectivity index (χ0n) is 12.1. The Morgan fingerprint density at radius 3 is 2.35 bits per heavy atom. The Kier molecular flexibility index (Phi) is 4.77. The number of hydrogen-bond acceptors (Lipinski definition) is 4. The van der Waals surface area contributed by atoms with Crippen LogP contribution in [0.5, 0.6) is 0 Å². The molecule has 0 saturated carbocycles. The first-order chi connectivity index (χ1) is 9.50. The van der Waals surface area contributed by atoms with Gasteiger partial charge in [0, 0.05) is 43.4 Å². The van der Waals surface area contributed by atoms with Crippen LogP contribution in [-0.2, 0) is 14.3 Å². The Labute approximate surface area is 119 Å². The first-order valence-electron chi connectivity index (χ1n) is 7.02. The summed E-state index contributed by atoms with van der Waals surface area (Å²) in [5, 5.41) is 8.95. The number of likely N-dealkylation sites (tertiary alicyclic amines) is 1. The van der Waals surface area contributed by atoms with Crippen LogP contribution in [0.1, 0.15) is 20.3 Å². The van der Waals surface area contributed by atoms with Crippen molar-refractivity contribution in [3.63, 3.8) is 0 Å². The van der Waals surface area contributed by atoms with Crippen LogP contribution in [0.25, 0.3) is 0 Å². The average molecular weight is 282 g/mol. The molecule has 0 aromatic heterocycles. The van der Waals surface area contributed by atoms with Crippen molar-refractivity contribution < 1.29 is 19.4 Å². The molecule has 6 nitrogen and oxygen atoms in total. The molecule has 20 heavy (non-hydrogen) atoms. The summed E-state index contributed by atoms with van der Waals surface area (Å²) in [7, 11) is 0. The molecule has 0 aromatic rings. The molecule has 2 aliphatic heterocycles. The van der Waals surface area contributed by atoms with Gasteiger partial charge in [-0.25, -0.2) is 4.79 Å². The van der Waals surface area contributed by atoms with Gasteiger partial charge >= 0.3 is 5.97 Å². The Morgan fingerprint density at radius 2 is 1.75 bits per heavy atom. The molecule has 2 saturated heterocycles. The minimum atomic E-state index is -1.03. The standard InChI is InChI=1S/C14H22N2O4/c1-10(11(2)14(18)19)13(17)16-4-3-12(9-16)15-5-7-20-8-6-15/h12H,3-9H2,1-2H3,(H,18,19). The lowest BCUT2D eigenvalue weighted by molar-refractivity contribution is -0.133. The first kappa shape index (κ1) is 15.0. The fraction of sp³-hybridized carbons (Fsp3) is 0.714. The Morgan fingerprint density at radius 1 is 1.10 bits per heavy atom. The number of ether oxygens (including phenoxy) is 1. The number of morpholine rings is 1. The van der Waals surface area contributed by atoms with Crippen molar-refractivity contribution in [3.8, 4) is 0 Å². The number of rotatable bonds is 3. The molecule has 0 aliphatic carbocycles. The number of nitrogens with zero attached hydrogens (tertiary/aromatic N) is 2. The fourth-order valence-electron chi connectivity index (χ4n) is 2.72. The number of carbonyl (C=O) groups excluding carboxylic acids is 1. The second kappa shape index (κ2) is 6.37. The summed E-state index contributed by atoms with van der Waals surface area (Å²) in [5.74, 6) is -1.18. The van der Waals surface area contributed by atoms with E-state index >= 15 is 0 Å². The van der Waals surface area contributed by atoms with Crippen LogP contribution in [0.15, 0.2) is 11.1 Å². The second-order valence-corrected chi connectivity index (χ2v) is 5.40. The third kappa shape index (κ3) is 3.19. The van der Waals surface area contributed by atoms with Gasteiger partial charge in [-0.1, -0.05) is 0 Å². The van der Waals surface area contributed by atoms with Crippen LogP contribution >= 0.6 is 0 Å². The predicted octanol–water partition coefficient (Wildman–Crippen LogP) is 0.341. The third-order valence-corrected chi connectivity index (χ3v) is 4.22. The maximum atomic E-state index is 12.3. The number of hydrogen-bond donors (Lipinski definition) is 1. The molecule has 2 rings (SSSR count). The molecule has 0 radical (unpaired) electrons. The zero-order chi connectivity index (χ0) is 14.7. The Balaban J connectivity index is 1.96. The van der Waals surface area contributed by atoms with Crippen LogP contribution in [0.3, 0.4) is 0 Å². The van der Waals surface area contributed by atoms with Gasteiger partial charge in [0.05, 0.1) is 13.2 Å². The molecule has 1 atom stereocenters. The van der Waals surface area contributed by atoms with Gasteiger partial charge in [0.15, 0.2) is 0 Å². The highest BCUT2D eigenvalue weighted by atomic mass is 16.5. The lowest BCUT2D eigenvalue weighted by Crippen LogP contribution is -2.45. The molecule has 2 aliphatic rings. The molecule has 1 unspecified atom stereocenters. The summed E-state index contributed by atoms with van der Waals surface area (Å²) in [6, 6.07) is 0.376. The van der Waals surface area contributed by atoms with Gasteiger partial charge in [-0.15, -0.1) is 0 Å². The van der Waals surface area contributed by atoms with Gasteiger partial charge in [-0.05, 0) is 20.3 Å². The van der Waals surface area contributed by atoms with Crippen LogP contribution in [0.4, 0.5) is 0 Å². The van der Waals surface area contributed by atoms with E-state index in [4.69, 9.17) is 9.84 Å². The predicted molar refractivity (Wildman–Crippen MR) is 73.4 cm³/mol. The lowest BCUT2D eigenvalue weighted by atomic mass is 10.1. The largest absolute Gasteiger partial charge is 0.478 e. The average Bonchev–Trinajstić information content (AvgIpc) is 2.95. The normalized spacial score (nSPS) is 25.5. The van der Waals surface area contributed by atoms with E-state index in [0.29, 0.717) is 24.7 Å². The van der Waals surface area contributed by atoms with Gasteiger partial charge < -0.3 is 14.7 Å². The number of carbonyl (C=O) groups is 2. The Bertz CT molecular complexity index is 427. The van der Waals surface area contributed by atoms with E-state index in [0.717, 1.165) is 32.7 Å². The fourth-order valence-corrected chi connectivity index (χ4v) is 2.72. The molecule has 0 aromatic carbocycles. The minimum absolute atomic E-state index is 0.129. The molecule has 0 spiro atoms. The van der Waals surface area contributed by atoms with Gasteiger partial charge in [-0.3, -0.25) is 9.69 Å². The monoisotopic (exact) mass is 282 g/mol. The van der Waals surface area contributed by atoms with Crippen molar-refractivity contribution in [2.75, 3.05) is 39.4 Å². The van der Waals surface area contributed by atoms with E-state index in [1.54, 1.807) is 11.8 Å². The van der Waals surface area contributed by atoms with Crippen LogP contribution < -0.4 is 0 Å². The highest BCUT2D eigenvalue weighted by molar-refractivity contribution is 6.01. The topological polar surface area (TPSA) is 70.1 Å². The summed E-state index contributed by atoms with van der Waals surface area (Å²) in [6.07, 6.45) is 0.950. The van der Waals surface area contributed by atoms with E-state index in [1.165, 1.54) is 6.92 Å². The summed E-state index contributed by atoms with van der Waals surface area (Å²) in [6.45, 7) is 7.78. The Hall–Kier alpha value is -1.40. The quantitative estimate of drug-likeness (QED) is 0.756. The lowest BCUT2D eigenvalue weighted by Gasteiger charge is -2.32. The molecule has 1 amide bonds. The smallest absolute Gasteiger partial charge is 0.331 e. The number of carboxylic acid groups (broad SMARTS) is 1. The molecular weight excluding hydrogens is 260 g/mol.